The van der Waals surface area contributed by atoms with Crippen molar-refractivity contribution in [2.45, 2.75) is 76.2 Å². The lowest BCUT2D eigenvalue weighted by molar-refractivity contribution is -0.146. The molecule has 2 saturated heterocycles. The SMILES string of the molecule is Cc1cccc(C)c1N1CC=C[C@]23O[C@@H]4/C=C\CCC(=O)OC[C@@H](c5ccccc5)NC(=O)[C@@H]4[C@H]2C(=O)N(CCCCCCO)[C@@H]3C1=O. The number of cyclic esters (lactones) is 1. The van der Waals surface area contributed by atoms with E-state index >= 15 is 0 Å². The molecule has 4 heterocycles. The fraction of sp³-hybridized carbons (Fsp3) is 0.474. The zero-order valence-corrected chi connectivity index (χ0v) is 27.7. The first kappa shape index (κ1) is 33.6. The van der Waals surface area contributed by atoms with Crippen LogP contribution in [0, 0.1) is 25.7 Å². The van der Waals surface area contributed by atoms with Crippen LogP contribution in [0.3, 0.4) is 0 Å². The number of aryl methyl sites for hydroxylation is 2. The van der Waals surface area contributed by atoms with Crippen LogP contribution < -0.4 is 10.2 Å². The number of carbonyl (C=O) groups excluding carboxylic acids is 4. The van der Waals surface area contributed by atoms with E-state index in [1.807, 2.05) is 74.5 Å². The van der Waals surface area contributed by atoms with Crippen LogP contribution in [0.25, 0.3) is 0 Å². The van der Waals surface area contributed by atoms with Crippen molar-refractivity contribution in [3.8, 4) is 0 Å². The minimum atomic E-state index is -1.38. The van der Waals surface area contributed by atoms with Crippen molar-refractivity contribution < 1.29 is 33.8 Å². The predicted octanol–water partition coefficient (Wildman–Crippen LogP) is 4.09. The number of allylic oxidation sites excluding steroid dienone is 1. The highest BCUT2D eigenvalue weighted by molar-refractivity contribution is 6.06. The molecular formula is C38H45N3O7. The van der Waals surface area contributed by atoms with Gasteiger partial charge < -0.3 is 29.7 Å². The third-order valence-electron chi connectivity index (χ3n) is 10.1. The molecule has 6 atom stereocenters. The van der Waals surface area contributed by atoms with Gasteiger partial charge in [-0.1, -0.05) is 85.7 Å². The third-order valence-corrected chi connectivity index (χ3v) is 10.1. The highest BCUT2D eigenvalue weighted by Crippen LogP contribution is 2.53. The Morgan fingerprint density at radius 3 is 2.42 bits per heavy atom. The second-order valence-electron chi connectivity index (χ2n) is 13.2. The third kappa shape index (κ3) is 6.31. The molecule has 10 heteroatoms. The molecular weight excluding hydrogens is 610 g/mol. The maximum Gasteiger partial charge on any atom is 0.306 e. The van der Waals surface area contributed by atoms with E-state index in [0.717, 1.165) is 35.2 Å². The second kappa shape index (κ2) is 14.5. The first-order valence-electron chi connectivity index (χ1n) is 17.1. The van der Waals surface area contributed by atoms with E-state index < -0.39 is 41.5 Å². The van der Waals surface area contributed by atoms with Gasteiger partial charge in [0.2, 0.25) is 11.8 Å². The smallest absolute Gasteiger partial charge is 0.306 e. The van der Waals surface area contributed by atoms with Crippen LogP contribution in [0.1, 0.15) is 61.3 Å². The molecule has 0 saturated carbocycles. The number of rotatable bonds is 8. The summed E-state index contributed by atoms with van der Waals surface area (Å²) in [5, 5.41) is 12.4. The average Bonchev–Trinajstić information content (AvgIpc) is 3.46. The Morgan fingerprint density at radius 1 is 0.917 bits per heavy atom. The molecule has 10 nitrogen and oxygen atoms in total. The van der Waals surface area contributed by atoms with Crippen LogP contribution in [-0.4, -0.2) is 77.7 Å². The summed E-state index contributed by atoms with van der Waals surface area (Å²) >= 11 is 0. The van der Waals surface area contributed by atoms with Gasteiger partial charge in [0.1, 0.15) is 18.2 Å². The average molecular weight is 656 g/mol. The van der Waals surface area contributed by atoms with Crippen LogP contribution in [0.15, 0.2) is 72.8 Å². The number of aliphatic hydroxyl groups excluding tert-OH is 1. The second-order valence-corrected chi connectivity index (χ2v) is 13.2. The van der Waals surface area contributed by atoms with E-state index in [-0.39, 0.29) is 37.4 Å². The van der Waals surface area contributed by atoms with Gasteiger partial charge in [0.05, 0.1) is 24.0 Å². The number of unbranched alkanes of at least 4 members (excludes halogenated alkanes) is 3. The Labute approximate surface area is 281 Å². The Hall–Kier alpha value is -4.28. The molecule has 2 fully saturated rings. The number of aliphatic hydroxyl groups is 1. The number of amides is 3. The van der Waals surface area contributed by atoms with Crippen molar-refractivity contribution in [2.24, 2.45) is 11.8 Å². The lowest BCUT2D eigenvalue weighted by atomic mass is 9.77. The maximum absolute atomic E-state index is 14.9. The molecule has 0 aromatic heterocycles. The fourth-order valence-corrected chi connectivity index (χ4v) is 7.86. The molecule has 1 spiro atoms. The van der Waals surface area contributed by atoms with E-state index in [1.165, 1.54) is 0 Å². The van der Waals surface area contributed by atoms with Crippen molar-refractivity contribution in [1.29, 1.82) is 0 Å². The molecule has 254 valence electrons. The molecule has 0 radical (unpaired) electrons. The summed E-state index contributed by atoms with van der Waals surface area (Å²) in [5.41, 5.74) is 2.09. The monoisotopic (exact) mass is 655 g/mol. The molecule has 2 N–H and O–H groups in total. The summed E-state index contributed by atoms with van der Waals surface area (Å²) in [6.45, 7) is 4.62. The van der Waals surface area contributed by atoms with Crippen LogP contribution in [0.5, 0.6) is 0 Å². The van der Waals surface area contributed by atoms with Crippen molar-refractivity contribution in [3.05, 3.63) is 89.5 Å². The minimum absolute atomic E-state index is 0.0496. The number of likely N-dealkylation sites (tertiary alicyclic amines) is 1. The van der Waals surface area contributed by atoms with Crippen molar-refractivity contribution in [1.82, 2.24) is 10.2 Å². The molecule has 3 amide bonds. The number of benzene rings is 2. The van der Waals surface area contributed by atoms with Crippen molar-refractivity contribution in [2.75, 3.05) is 31.2 Å². The number of hydrogen-bond donors (Lipinski definition) is 2. The number of carbonyl (C=O) groups is 4. The summed E-state index contributed by atoms with van der Waals surface area (Å²) in [5.74, 6) is -3.18. The minimum Gasteiger partial charge on any atom is -0.463 e. The fourth-order valence-electron chi connectivity index (χ4n) is 7.86. The Bertz CT molecular complexity index is 1570. The topological polar surface area (TPSA) is 125 Å². The van der Waals surface area contributed by atoms with E-state index in [1.54, 1.807) is 22.0 Å². The zero-order chi connectivity index (χ0) is 33.8. The molecule has 48 heavy (non-hydrogen) atoms. The Kier molecular flexibility index (Phi) is 10.1. The Balaban J connectivity index is 1.41. The van der Waals surface area contributed by atoms with Crippen molar-refractivity contribution >= 4 is 29.4 Å². The Morgan fingerprint density at radius 2 is 1.67 bits per heavy atom. The number of nitrogens with one attached hydrogen (secondary N) is 1. The maximum atomic E-state index is 14.9. The largest absolute Gasteiger partial charge is 0.463 e. The van der Waals surface area contributed by atoms with E-state index in [2.05, 4.69) is 5.32 Å². The van der Waals surface area contributed by atoms with Crippen LogP contribution >= 0.6 is 0 Å². The zero-order valence-electron chi connectivity index (χ0n) is 27.7. The van der Waals surface area contributed by atoms with E-state index in [9.17, 15) is 24.3 Å². The van der Waals surface area contributed by atoms with Crippen LogP contribution in [0.2, 0.25) is 0 Å². The number of esters is 1. The van der Waals surface area contributed by atoms with Gasteiger partial charge in [-0.25, -0.2) is 0 Å². The molecule has 0 bridgehead atoms. The van der Waals surface area contributed by atoms with Crippen LogP contribution in [-0.2, 0) is 28.7 Å². The van der Waals surface area contributed by atoms with Gasteiger partial charge in [-0.05, 0) is 49.8 Å². The van der Waals surface area contributed by atoms with Gasteiger partial charge in [-0.15, -0.1) is 0 Å². The van der Waals surface area contributed by atoms with Gasteiger partial charge in [-0.2, -0.15) is 0 Å². The number of nitrogens with zero attached hydrogens (tertiary/aromatic N) is 2. The molecule has 2 aromatic rings. The van der Waals surface area contributed by atoms with E-state index in [4.69, 9.17) is 9.47 Å². The molecule has 0 aliphatic carbocycles. The first-order valence-corrected chi connectivity index (χ1v) is 17.1. The quantitative estimate of drug-likeness (QED) is 0.249. The summed E-state index contributed by atoms with van der Waals surface area (Å²) in [4.78, 5) is 59.9. The molecule has 4 aliphatic rings. The number of para-hydroxylation sites is 1. The number of fused-ring (bicyclic) bond motifs is 2. The molecule has 6 rings (SSSR count). The number of anilines is 1. The normalized spacial score (nSPS) is 29.6. The van der Waals surface area contributed by atoms with E-state index in [0.29, 0.717) is 32.4 Å². The highest BCUT2D eigenvalue weighted by Gasteiger charge is 2.71. The van der Waals surface area contributed by atoms with Crippen LogP contribution in [0.4, 0.5) is 5.69 Å². The predicted molar refractivity (Wildman–Crippen MR) is 180 cm³/mol. The molecule has 0 unspecified atom stereocenters. The van der Waals surface area contributed by atoms with Gasteiger partial charge in [0.15, 0.2) is 0 Å². The first-order chi connectivity index (χ1) is 23.3. The lowest BCUT2D eigenvalue weighted by Crippen LogP contribution is -2.55. The summed E-state index contributed by atoms with van der Waals surface area (Å²) < 4.78 is 12.4. The number of hydrogen-bond acceptors (Lipinski definition) is 7. The summed E-state index contributed by atoms with van der Waals surface area (Å²) in [6, 6.07) is 13.6. The summed E-state index contributed by atoms with van der Waals surface area (Å²) in [6.07, 6.45) is 9.95. The van der Waals surface area contributed by atoms with Gasteiger partial charge >= 0.3 is 5.97 Å². The molecule has 4 aliphatic heterocycles. The highest BCUT2D eigenvalue weighted by atomic mass is 16.5. The van der Waals surface area contributed by atoms with Crippen molar-refractivity contribution in [3.63, 3.8) is 0 Å². The van der Waals surface area contributed by atoms with Gasteiger partial charge in [-0.3, -0.25) is 19.2 Å². The summed E-state index contributed by atoms with van der Waals surface area (Å²) in [7, 11) is 0. The van der Waals surface area contributed by atoms with Gasteiger partial charge in [0, 0.05) is 31.8 Å². The molecule has 2 aromatic carbocycles. The lowest BCUT2D eigenvalue weighted by Gasteiger charge is -2.36. The standard InChI is InChI=1S/C38H45N3O7/c1-25-14-12-15-26(2)33(25)40-22-13-20-38-32(36(45)41(34(38)37(40)46)21-10-3-4-11-23-42)31-29(48-38)18-8-9-19-30(43)47-24-28(39-35(31)44)27-16-6-5-7-17-27/h5-8,12-18,20,28-29,31-32,34,42H,3-4,9-11,19,21-24H2,1-2H3,(H,39,44)/b18-8-/t28-,29+,31-,32-,34+,38-/m0/s1. The number of ether oxygens (including phenoxy) is 2. The van der Waals surface area contributed by atoms with Gasteiger partial charge in [0.25, 0.3) is 5.91 Å².